The number of amides is 1. The number of halogens is 1. The van der Waals surface area contributed by atoms with Crippen LogP contribution in [0, 0.1) is 0 Å². The number of hydrogen-bond donors (Lipinski definition) is 1. The van der Waals surface area contributed by atoms with Gasteiger partial charge in [0.2, 0.25) is 0 Å². The van der Waals surface area contributed by atoms with Gasteiger partial charge < -0.3 is 10.2 Å². The van der Waals surface area contributed by atoms with Gasteiger partial charge in [-0.15, -0.1) is 11.6 Å². The number of benzene rings is 1. The fourth-order valence-electron chi connectivity index (χ4n) is 2.79. The molecule has 2 aromatic rings. The predicted octanol–water partition coefficient (Wildman–Crippen LogP) is 3.53. The number of anilines is 3. The number of aryl methyl sites for hydroxylation is 1. The van der Waals surface area contributed by atoms with Gasteiger partial charge in [-0.25, -0.2) is 0 Å². The van der Waals surface area contributed by atoms with Crippen molar-refractivity contribution in [2.45, 2.75) is 19.3 Å². The van der Waals surface area contributed by atoms with E-state index in [4.69, 9.17) is 11.6 Å². The molecule has 1 amide bonds. The van der Waals surface area contributed by atoms with Crippen LogP contribution in [0.3, 0.4) is 0 Å². The van der Waals surface area contributed by atoms with E-state index in [1.807, 2.05) is 24.3 Å². The number of rotatable bonds is 5. The van der Waals surface area contributed by atoms with Crippen LogP contribution in [-0.4, -0.2) is 28.1 Å². The summed E-state index contributed by atoms with van der Waals surface area (Å²) in [5.74, 6) is 0.570. The first-order chi connectivity index (χ1) is 10.7. The van der Waals surface area contributed by atoms with Crippen molar-refractivity contribution in [2.75, 3.05) is 22.6 Å². The molecule has 1 aliphatic heterocycles. The van der Waals surface area contributed by atoms with E-state index in [1.54, 1.807) is 17.9 Å². The molecule has 6 heteroatoms. The van der Waals surface area contributed by atoms with Crippen molar-refractivity contribution >= 4 is 34.6 Å². The van der Waals surface area contributed by atoms with Crippen LogP contribution < -0.4 is 10.2 Å². The second-order valence-electron chi connectivity index (χ2n) is 5.37. The molecule has 5 nitrogen and oxygen atoms in total. The Bertz CT molecular complexity index is 683. The zero-order valence-electron chi connectivity index (χ0n) is 12.6. The summed E-state index contributed by atoms with van der Waals surface area (Å²) in [4.78, 5) is 14.6. The van der Waals surface area contributed by atoms with E-state index in [1.165, 1.54) is 0 Å². The van der Waals surface area contributed by atoms with Gasteiger partial charge >= 0.3 is 0 Å². The van der Waals surface area contributed by atoms with Crippen LogP contribution in [0.1, 0.15) is 29.8 Å². The molecule has 116 valence electrons. The van der Waals surface area contributed by atoms with Gasteiger partial charge in [-0.1, -0.05) is 18.6 Å². The van der Waals surface area contributed by atoms with Gasteiger partial charge in [0.25, 0.3) is 5.91 Å². The van der Waals surface area contributed by atoms with Gasteiger partial charge in [0.05, 0.1) is 23.3 Å². The first-order valence-corrected chi connectivity index (χ1v) is 8.01. The normalized spacial score (nSPS) is 13.4. The number of aromatic nitrogens is 2. The minimum atomic E-state index is -0.120. The molecular formula is C16H19ClN4O. The van der Waals surface area contributed by atoms with Crippen molar-refractivity contribution in [2.24, 2.45) is 7.05 Å². The first kappa shape index (κ1) is 14.9. The molecule has 0 atom stereocenters. The summed E-state index contributed by atoms with van der Waals surface area (Å²) < 4.78 is 1.63. The highest BCUT2D eigenvalue weighted by molar-refractivity contribution is 6.17. The number of carbonyl (C=O) groups is 1. The SMILES string of the molecule is Cn1ncc2c1C(=O)Nc1ccccc1N2CCCCCCl. The summed E-state index contributed by atoms with van der Waals surface area (Å²) in [6, 6.07) is 7.87. The molecule has 0 spiro atoms. The van der Waals surface area contributed by atoms with E-state index >= 15 is 0 Å². The second-order valence-corrected chi connectivity index (χ2v) is 5.75. The summed E-state index contributed by atoms with van der Waals surface area (Å²) in [5, 5.41) is 7.23. The van der Waals surface area contributed by atoms with Crippen LogP contribution in [0.2, 0.25) is 0 Å². The van der Waals surface area contributed by atoms with E-state index < -0.39 is 0 Å². The van der Waals surface area contributed by atoms with Crippen LogP contribution in [0.15, 0.2) is 30.5 Å². The number of carbonyl (C=O) groups excluding carboxylic acids is 1. The van der Waals surface area contributed by atoms with Crippen LogP contribution in [0.5, 0.6) is 0 Å². The standard InChI is InChI=1S/C16H19ClN4O/c1-20-15-14(11-18-20)21(10-6-2-5-9-17)13-8-4-3-7-12(13)19-16(15)22/h3-4,7-8,11H,2,5-6,9-10H2,1H3,(H,19,22). The molecule has 1 N–H and O–H groups in total. The molecule has 1 aliphatic rings. The number of hydrogen-bond acceptors (Lipinski definition) is 3. The summed E-state index contributed by atoms with van der Waals surface area (Å²) >= 11 is 5.75. The Morgan fingerprint density at radius 2 is 2.00 bits per heavy atom. The van der Waals surface area contributed by atoms with E-state index in [-0.39, 0.29) is 5.91 Å². The van der Waals surface area contributed by atoms with Crippen molar-refractivity contribution < 1.29 is 4.79 Å². The van der Waals surface area contributed by atoms with Gasteiger partial charge in [0.15, 0.2) is 0 Å². The van der Waals surface area contributed by atoms with Gasteiger partial charge in [0, 0.05) is 19.5 Å². The summed E-state index contributed by atoms with van der Waals surface area (Å²) in [5.41, 5.74) is 3.29. The largest absolute Gasteiger partial charge is 0.337 e. The second kappa shape index (κ2) is 6.40. The third-order valence-electron chi connectivity index (χ3n) is 3.88. The van der Waals surface area contributed by atoms with E-state index in [2.05, 4.69) is 15.3 Å². The lowest BCUT2D eigenvalue weighted by Crippen LogP contribution is -2.19. The van der Waals surface area contributed by atoms with Crippen molar-refractivity contribution in [3.63, 3.8) is 0 Å². The maximum absolute atomic E-state index is 12.5. The molecule has 2 heterocycles. The van der Waals surface area contributed by atoms with Gasteiger partial charge in [-0.05, 0) is 25.0 Å². The summed E-state index contributed by atoms with van der Waals surface area (Å²) in [6.07, 6.45) is 4.86. The molecule has 0 radical (unpaired) electrons. The Hall–Kier alpha value is -2.01. The Labute approximate surface area is 134 Å². The molecule has 1 aromatic heterocycles. The number of alkyl halides is 1. The third-order valence-corrected chi connectivity index (χ3v) is 4.15. The summed E-state index contributed by atoms with van der Waals surface area (Å²) in [6.45, 7) is 0.835. The highest BCUT2D eigenvalue weighted by atomic mass is 35.5. The fraction of sp³-hybridized carbons (Fsp3) is 0.375. The minimum absolute atomic E-state index is 0.120. The monoisotopic (exact) mass is 318 g/mol. The van der Waals surface area contributed by atoms with Gasteiger partial charge in [-0.2, -0.15) is 5.10 Å². The molecule has 1 aromatic carbocycles. The van der Waals surface area contributed by atoms with E-state index in [9.17, 15) is 4.79 Å². The van der Waals surface area contributed by atoms with Crippen LogP contribution in [0.4, 0.5) is 17.1 Å². The highest BCUT2D eigenvalue weighted by Crippen LogP contribution is 2.37. The van der Waals surface area contributed by atoms with Crippen molar-refractivity contribution in [1.82, 2.24) is 9.78 Å². The van der Waals surface area contributed by atoms with Crippen LogP contribution >= 0.6 is 11.6 Å². The van der Waals surface area contributed by atoms with Crippen LogP contribution in [-0.2, 0) is 7.05 Å². The molecule has 0 saturated carbocycles. The Morgan fingerprint density at radius 1 is 1.18 bits per heavy atom. The number of nitrogens with zero attached hydrogens (tertiary/aromatic N) is 3. The average Bonchev–Trinajstić information content (AvgIpc) is 2.84. The van der Waals surface area contributed by atoms with Gasteiger partial charge in [-0.3, -0.25) is 9.48 Å². The van der Waals surface area contributed by atoms with Gasteiger partial charge in [0.1, 0.15) is 5.69 Å². The van der Waals surface area contributed by atoms with Crippen molar-refractivity contribution in [1.29, 1.82) is 0 Å². The van der Waals surface area contributed by atoms with E-state index in [0.717, 1.165) is 42.9 Å². The van der Waals surface area contributed by atoms with Crippen molar-refractivity contribution in [3.8, 4) is 0 Å². The number of unbranched alkanes of at least 4 members (excludes halogenated alkanes) is 2. The zero-order valence-corrected chi connectivity index (χ0v) is 13.3. The lowest BCUT2D eigenvalue weighted by molar-refractivity contribution is 0.101. The minimum Gasteiger partial charge on any atom is -0.337 e. The topological polar surface area (TPSA) is 50.2 Å². The lowest BCUT2D eigenvalue weighted by Gasteiger charge is -2.24. The fourth-order valence-corrected chi connectivity index (χ4v) is 2.98. The number of fused-ring (bicyclic) bond motifs is 2. The molecule has 3 rings (SSSR count). The molecule has 0 saturated heterocycles. The number of nitrogens with one attached hydrogen (secondary N) is 1. The predicted molar refractivity (Wildman–Crippen MR) is 89.2 cm³/mol. The highest BCUT2D eigenvalue weighted by Gasteiger charge is 2.27. The maximum Gasteiger partial charge on any atom is 0.276 e. The molecule has 0 fully saturated rings. The van der Waals surface area contributed by atoms with Crippen molar-refractivity contribution in [3.05, 3.63) is 36.2 Å². The smallest absolute Gasteiger partial charge is 0.276 e. The Kier molecular flexibility index (Phi) is 4.34. The molecule has 0 bridgehead atoms. The Balaban J connectivity index is 1.98. The molecular weight excluding hydrogens is 300 g/mol. The lowest BCUT2D eigenvalue weighted by atomic mass is 10.2. The van der Waals surface area contributed by atoms with E-state index in [0.29, 0.717) is 11.6 Å². The zero-order chi connectivity index (χ0) is 15.5. The molecule has 0 unspecified atom stereocenters. The average molecular weight is 319 g/mol. The molecule has 0 aliphatic carbocycles. The molecule has 22 heavy (non-hydrogen) atoms. The number of para-hydroxylation sites is 2. The summed E-state index contributed by atoms with van der Waals surface area (Å²) in [7, 11) is 1.79. The van der Waals surface area contributed by atoms with Crippen LogP contribution in [0.25, 0.3) is 0 Å². The third kappa shape index (κ3) is 2.68. The quantitative estimate of drug-likeness (QED) is 0.677. The Morgan fingerprint density at radius 3 is 2.82 bits per heavy atom. The maximum atomic E-state index is 12.5. The first-order valence-electron chi connectivity index (χ1n) is 7.48.